The Labute approximate surface area is 141 Å². The van der Waals surface area contributed by atoms with Gasteiger partial charge in [-0.05, 0) is 44.4 Å². The van der Waals surface area contributed by atoms with Gasteiger partial charge < -0.3 is 15.7 Å². The number of aryl methyl sites for hydroxylation is 1. The summed E-state index contributed by atoms with van der Waals surface area (Å²) in [6.45, 7) is 3.60. The highest BCUT2D eigenvalue weighted by molar-refractivity contribution is 5.95. The summed E-state index contributed by atoms with van der Waals surface area (Å²) in [5.74, 6) is -1.19. The molecule has 24 heavy (non-hydrogen) atoms. The number of rotatable bonds is 6. The van der Waals surface area contributed by atoms with Gasteiger partial charge in [-0.3, -0.25) is 9.59 Å². The summed E-state index contributed by atoms with van der Waals surface area (Å²) >= 11 is 0. The third kappa shape index (κ3) is 4.81. The van der Waals surface area contributed by atoms with Crippen LogP contribution in [0.3, 0.4) is 0 Å². The lowest BCUT2D eigenvalue weighted by molar-refractivity contribution is -0.125. The van der Waals surface area contributed by atoms with E-state index in [1.54, 1.807) is 19.9 Å². The smallest absolute Gasteiger partial charge is 0.335 e. The summed E-state index contributed by atoms with van der Waals surface area (Å²) in [5.41, 5.74) is 1.39. The fraction of sp³-hybridized carbons (Fsp3) is 0.500. The lowest BCUT2D eigenvalue weighted by Crippen LogP contribution is -2.38. The van der Waals surface area contributed by atoms with E-state index in [1.165, 1.54) is 12.1 Å². The second-order valence-electron chi connectivity index (χ2n) is 6.48. The van der Waals surface area contributed by atoms with Crippen molar-refractivity contribution in [1.82, 2.24) is 5.32 Å². The number of nitrogens with one attached hydrogen (secondary N) is 2. The average Bonchev–Trinajstić information content (AvgIpc) is 3.03. The van der Waals surface area contributed by atoms with E-state index in [4.69, 9.17) is 5.11 Å². The molecule has 1 aromatic rings. The van der Waals surface area contributed by atoms with Crippen LogP contribution in [0.1, 0.15) is 54.9 Å². The molecule has 1 atom stereocenters. The Balaban J connectivity index is 1.89. The first-order valence-electron chi connectivity index (χ1n) is 8.31. The molecule has 0 heterocycles. The van der Waals surface area contributed by atoms with Crippen LogP contribution >= 0.6 is 0 Å². The van der Waals surface area contributed by atoms with E-state index in [0.717, 1.165) is 31.2 Å². The van der Waals surface area contributed by atoms with Crippen LogP contribution in [0.15, 0.2) is 18.2 Å². The number of carbonyl (C=O) groups is 3. The van der Waals surface area contributed by atoms with Crippen molar-refractivity contribution in [2.45, 2.75) is 52.0 Å². The maximum absolute atomic E-state index is 12.1. The van der Waals surface area contributed by atoms with E-state index >= 15 is 0 Å². The molecule has 0 aromatic heterocycles. The number of amides is 2. The SMILES string of the molecule is Cc1ccc(C(=O)O)cc1NC(=O)C[C@@H](C)NC(=O)C1CCCC1. The predicted octanol–water partition coefficient (Wildman–Crippen LogP) is 2.72. The van der Waals surface area contributed by atoms with E-state index in [9.17, 15) is 14.4 Å². The molecule has 1 aliphatic carbocycles. The Morgan fingerprint density at radius 1 is 1.25 bits per heavy atom. The zero-order chi connectivity index (χ0) is 17.7. The number of anilines is 1. The molecule has 0 spiro atoms. The van der Waals surface area contributed by atoms with Crippen LogP contribution < -0.4 is 10.6 Å². The van der Waals surface area contributed by atoms with Crippen molar-refractivity contribution in [2.75, 3.05) is 5.32 Å². The van der Waals surface area contributed by atoms with Gasteiger partial charge in [0.15, 0.2) is 0 Å². The first-order chi connectivity index (χ1) is 11.4. The van der Waals surface area contributed by atoms with Crippen molar-refractivity contribution < 1.29 is 19.5 Å². The van der Waals surface area contributed by atoms with Gasteiger partial charge in [0.25, 0.3) is 0 Å². The van der Waals surface area contributed by atoms with Gasteiger partial charge >= 0.3 is 5.97 Å². The molecule has 130 valence electrons. The Bertz CT molecular complexity index is 636. The van der Waals surface area contributed by atoms with Gasteiger partial charge in [0.05, 0.1) is 5.56 Å². The van der Waals surface area contributed by atoms with Crippen molar-refractivity contribution in [3.63, 3.8) is 0 Å². The molecule has 3 N–H and O–H groups in total. The third-order valence-electron chi connectivity index (χ3n) is 4.36. The summed E-state index contributed by atoms with van der Waals surface area (Å²) in [4.78, 5) is 35.2. The van der Waals surface area contributed by atoms with E-state index in [-0.39, 0.29) is 35.8 Å². The lowest BCUT2D eigenvalue weighted by Gasteiger charge is -2.17. The fourth-order valence-electron chi connectivity index (χ4n) is 2.97. The van der Waals surface area contributed by atoms with Crippen LogP contribution in [0.2, 0.25) is 0 Å². The largest absolute Gasteiger partial charge is 0.478 e. The van der Waals surface area contributed by atoms with Crippen molar-refractivity contribution in [2.24, 2.45) is 5.92 Å². The predicted molar refractivity (Wildman–Crippen MR) is 90.9 cm³/mol. The zero-order valence-electron chi connectivity index (χ0n) is 14.1. The van der Waals surface area contributed by atoms with Crippen molar-refractivity contribution >= 4 is 23.5 Å². The minimum Gasteiger partial charge on any atom is -0.478 e. The molecule has 6 nitrogen and oxygen atoms in total. The molecule has 1 aliphatic rings. The van der Waals surface area contributed by atoms with Gasteiger partial charge in [0, 0.05) is 24.1 Å². The number of carboxylic acid groups (broad SMARTS) is 1. The van der Waals surface area contributed by atoms with Crippen LogP contribution in [0.25, 0.3) is 0 Å². The maximum atomic E-state index is 12.1. The number of aromatic carboxylic acids is 1. The zero-order valence-corrected chi connectivity index (χ0v) is 14.1. The van der Waals surface area contributed by atoms with Crippen molar-refractivity contribution in [3.8, 4) is 0 Å². The minimum atomic E-state index is -1.04. The Morgan fingerprint density at radius 3 is 2.54 bits per heavy atom. The van der Waals surface area contributed by atoms with E-state index in [0.29, 0.717) is 5.69 Å². The average molecular weight is 332 g/mol. The van der Waals surface area contributed by atoms with Crippen LogP contribution in [-0.2, 0) is 9.59 Å². The second kappa shape index (κ2) is 7.95. The summed E-state index contributed by atoms with van der Waals surface area (Å²) in [6.07, 6.45) is 4.17. The molecule has 0 aliphatic heterocycles. The quantitative estimate of drug-likeness (QED) is 0.746. The molecule has 0 bridgehead atoms. The summed E-state index contributed by atoms with van der Waals surface area (Å²) in [5, 5.41) is 14.6. The normalized spacial score (nSPS) is 15.8. The van der Waals surface area contributed by atoms with E-state index in [1.807, 2.05) is 0 Å². The highest BCUT2D eigenvalue weighted by Crippen LogP contribution is 2.25. The van der Waals surface area contributed by atoms with Gasteiger partial charge in [-0.2, -0.15) is 0 Å². The second-order valence-corrected chi connectivity index (χ2v) is 6.48. The Hall–Kier alpha value is -2.37. The van der Waals surface area contributed by atoms with Gasteiger partial charge in [-0.1, -0.05) is 18.9 Å². The number of carboxylic acids is 1. The van der Waals surface area contributed by atoms with Crippen LogP contribution in [0, 0.1) is 12.8 Å². The lowest BCUT2D eigenvalue weighted by atomic mass is 10.1. The van der Waals surface area contributed by atoms with Crippen LogP contribution in [0.5, 0.6) is 0 Å². The van der Waals surface area contributed by atoms with Gasteiger partial charge in [0.1, 0.15) is 0 Å². The molecule has 0 saturated heterocycles. The highest BCUT2D eigenvalue weighted by Gasteiger charge is 2.24. The molecule has 0 radical (unpaired) electrons. The van der Waals surface area contributed by atoms with Gasteiger partial charge in [-0.15, -0.1) is 0 Å². The molecule has 1 saturated carbocycles. The first-order valence-corrected chi connectivity index (χ1v) is 8.31. The van der Waals surface area contributed by atoms with E-state index in [2.05, 4.69) is 10.6 Å². The summed E-state index contributed by atoms with van der Waals surface area (Å²) in [7, 11) is 0. The van der Waals surface area contributed by atoms with Crippen LogP contribution in [-0.4, -0.2) is 28.9 Å². The first kappa shape index (κ1) is 18.0. The maximum Gasteiger partial charge on any atom is 0.335 e. The van der Waals surface area contributed by atoms with Crippen molar-refractivity contribution in [3.05, 3.63) is 29.3 Å². The monoisotopic (exact) mass is 332 g/mol. The molecule has 2 amide bonds. The number of benzene rings is 1. The third-order valence-corrected chi connectivity index (χ3v) is 4.36. The molecule has 1 aromatic carbocycles. The molecule has 2 rings (SSSR count). The summed E-state index contributed by atoms with van der Waals surface area (Å²) < 4.78 is 0. The van der Waals surface area contributed by atoms with Gasteiger partial charge in [-0.25, -0.2) is 4.79 Å². The molecule has 1 fully saturated rings. The molecule has 6 heteroatoms. The number of hydrogen-bond acceptors (Lipinski definition) is 3. The van der Waals surface area contributed by atoms with E-state index < -0.39 is 5.97 Å². The summed E-state index contributed by atoms with van der Waals surface area (Å²) in [6, 6.07) is 4.33. The molecular formula is C18H24N2O4. The standard InChI is InChI=1S/C18H24N2O4/c1-11-7-8-14(18(23)24)10-15(11)20-16(21)9-12(2)19-17(22)13-5-3-4-6-13/h7-8,10,12-13H,3-6,9H2,1-2H3,(H,19,22)(H,20,21)(H,23,24)/t12-/m1/s1. The van der Waals surface area contributed by atoms with Gasteiger partial charge in [0.2, 0.25) is 11.8 Å². The Morgan fingerprint density at radius 2 is 1.92 bits per heavy atom. The Kier molecular flexibility index (Phi) is 5.95. The minimum absolute atomic E-state index is 0.0249. The van der Waals surface area contributed by atoms with Crippen molar-refractivity contribution in [1.29, 1.82) is 0 Å². The molecule has 0 unspecified atom stereocenters. The fourth-order valence-corrected chi connectivity index (χ4v) is 2.97. The number of hydrogen-bond donors (Lipinski definition) is 3. The topological polar surface area (TPSA) is 95.5 Å². The molecular weight excluding hydrogens is 308 g/mol. The van der Waals surface area contributed by atoms with Crippen LogP contribution in [0.4, 0.5) is 5.69 Å². The number of carbonyl (C=O) groups excluding carboxylic acids is 2. The highest BCUT2D eigenvalue weighted by atomic mass is 16.4.